The zero-order valence-electron chi connectivity index (χ0n) is 5.90. The standard InChI is InChI=1S/C6H13Cl2N/c1-3-9(4-2)5-6(7)8/h6H,3-5H2,1-2H3. The fraction of sp³-hybridized carbons (Fsp3) is 1.00. The van der Waals surface area contributed by atoms with Crippen molar-refractivity contribution in [2.24, 2.45) is 0 Å². The van der Waals surface area contributed by atoms with Gasteiger partial charge in [0.1, 0.15) is 4.84 Å². The first-order valence-corrected chi connectivity index (χ1v) is 4.08. The molecule has 56 valence electrons. The Morgan fingerprint density at radius 2 is 1.67 bits per heavy atom. The molecule has 0 saturated heterocycles. The molecule has 0 aliphatic carbocycles. The maximum atomic E-state index is 5.55. The van der Waals surface area contributed by atoms with Crippen LogP contribution < -0.4 is 0 Å². The van der Waals surface area contributed by atoms with Crippen LogP contribution >= 0.6 is 23.2 Å². The molecule has 0 N–H and O–H groups in total. The second-order valence-corrected chi connectivity index (χ2v) is 3.15. The molecule has 0 unspecified atom stereocenters. The molecule has 0 saturated carbocycles. The van der Waals surface area contributed by atoms with Gasteiger partial charge in [-0.25, -0.2) is 0 Å². The maximum Gasteiger partial charge on any atom is 0.120 e. The molecule has 0 heterocycles. The van der Waals surface area contributed by atoms with E-state index in [2.05, 4.69) is 18.7 Å². The molecule has 0 rings (SSSR count). The van der Waals surface area contributed by atoms with Gasteiger partial charge >= 0.3 is 0 Å². The molecule has 0 amide bonds. The summed E-state index contributed by atoms with van der Waals surface area (Å²) in [6.07, 6.45) is 0. The number of rotatable bonds is 4. The highest BCUT2D eigenvalue weighted by atomic mass is 35.5. The zero-order valence-corrected chi connectivity index (χ0v) is 7.41. The summed E-state index contributed by atoms with van der Waals surface area (Å²) >= 11 is 11.1. The monoisotopic (exact) mass is 169 g/mol. The summed E-state index contributed by atoms with van der Waals surface area (Å²) in [6, 6.07) is 0. The third-order valence-corrected chi connectivity index (χ3v) is 1.57. The van der Waals surface area contributed by atoms with E-state index in [0.29, 0.717) is 0 Å². The van der Waals surface area contributed by atoms with Crippen LogP contribution in [0.15, 0.2) is 0 Å². The van der Waals surface area contributed by atoms with Gasteiger partial charge in [-0.05, 0) is 13.1 Å². The summed E-state index contributed by atoms with van der Waals surface area (Å²) < 4.78 is 0. The predicted molar refractivity (Wildman–Crippen MR) is 43.3 cm³/mol. The van der Waals surface area contributed by atoms with E-state index in [1.165, 1.54) is 0 Å². The molecule has 0 atom stereocenters. The van der Waals surface area contributed by atoms with Gasteiger partial charge in [0.05, 0.1) is 0 Å². The van der Waals surface area contributed by atoms with Gasteiger partial charge in [0, 0.05) is 6.54 Å². The normalized spacial score (nSPS) is 11.3. The van der Waals surface area contributed by atoms with Gasteiger partial charge in [-0.15, -0.1) is 23.2 Å². The van der Waals surface area contributed by atoms with Crippen molar-refractivity contribution in [3.05, 3.63) is 0 Å². The Morgan fingerprint density at radius 3 is 1.78 bits per heavy atom. The van der Waals surface area contributed by atoms with Crippen LogP contribution in [0, 0.1) is 0 Å². The first-order chi connectivity index (χ1) is 4.20. The van der Waals surface area contributed by atoms with E-state index in [0.717, 1.165) is 19.6 Å². The average Bonchev–Trinajstić information content (AvgIpc) is 1.82. The minimum Gasteiger partial charge on any atom is -0.301 e. The zero-order chi connectivity index (χ0) is 7.28. The molecule has 0 aromatic heterocycles. The van der Waals surface area contributed by atoms with E-state index in [-0.39, 0.29) is 4.84 Å². The fourth-order valence-electron chi connectivity index (χ4n) is 0.677. The lowest BCUT2D eigenvalue weighted by molar-refractivity contribution is 0.317. The van der Waals surface area contributed by atoms with Crippen LogP contribution in [-0.4, -0.2) is 29.4 Å². The van der Waals surface area contributed by atoms with E-state index in [4.69, 9.17) is 23.2 Å². The first-order valence-electron chi connectivity index (χ1n) is 3.21. The molecule has 9 heavy (non-hydrogen) atoms. The fourth-order valence-corrected chi connectivity index (χ4v) is 1.07. The van der Waals surface area contributed by atoms with Crippen LogP contribution in [0.1, 0.15) is 13.8 Å². The van der Waals surface area contributed by atoms with Crippen molar-refractivity contribution in [2.75, 3.05) is 19.6 Å². The quantitative estimate of drug-likeness (QED) is 0.584. The third kappa shape index (κ3) is 5.01. The summed E-state index contributed by atoms with van der Waals surface area (Å²) in [5.41, 5.74) is 0. The predicted octanol–water partition coefficient (Wildman–Crippen LogP) is 2.13. The Morgan fingerprint density at radius 1 is 1.22 bits per heavy atom. The van der Waals surface area contributed by atoms with Crippen molar-refractivity contribution in [2.45, 2.75) is 18.7 Å². The van der Waals surface area contributed by atoms with Crippen molar-refractivity contribution >= 4 is 23.2 Å². The van der Waals surface area contributed by atoms with Gasteiger partial charge in [0.15, 0.2) is 0 Å². The van der Waals surface area contributed by atoms with E-state index in [1.54, 1.807) is 0 Å². The maximum absolute atomic E-state index is 5.55. The lowest BCUT2D eigenvalue weighted by Gasteiger charge is -2.17. The van der Waals surface area contributed by atoms with Crippen LogP contribution in [-0.2, 0) is 0 Å². The highest BCUT2D eigenvalue weighted by molar-refractivity contribution is 6.44. The molecule has 3 heteroatoms. The van der Waals surface area contributed by atoms with E-state index in [1.807, 2.05) is 0 Å². The molecular weight excluding hydrogens is 157 g/mol. The van der Waals surface area contributed by atoms with Crippen LogP contribution in [0.2, 0.25) is 0 Å². The van der Waals surface area contributed by atoms with Crippen LogP contribution in [0.25, 0.3) is 0 Å². The van der Waals surface area contributed by atoms with E-state index < -0.39 is 0 Å². The molecule has 0 aliphatic rings. The second kappa shape index (κ2) is 5.33. The van der Waals surface area contributed by atoms with Gasteiger partial charge in [-0.2, -0.15) is 0 Å². The van der Waals surface area contributed by atoms with Crippen molar-refractivity contribution in [1.29, 1.82) is 0 Å². The SMILES string of the molecule is CCN(CC)CC(Cl)Cl. The molecule has 0 aromatic rings. The Balaban J connectivity index is 3.31. The van der Waals surface area contributed by atoms with E-state index >= 15 is 0 Å². The molecular formula is C6H13Cl2N. The van der Waals surface area contributed by atoms with Gasteiger partial charge in [-0.1, -0.05) is 13.8 Å². The minimum absolute atomic E-state index is 0.245. The van der Waals surface area contributed by atoms with Crippen molar-refractivity contribution < 1.29 is 0 Å². The number of hydrogen-bond donors (Lipinski definition) is 0. The summed E-state index contributed by atoms with van der Waals surface area (Å²) in [5, 5.41) is 0. The van der Waals surface area contributed by atoms with Crippen LogP contribution in [0.5, 0.6) is 0 Å². The lowest BCUT2D eigenvalue weighted by atomic mass is 10.5. The van der Waals surface area contributed by atoms with Gasteiger partial charge < -0.3 is 4.90 Å². The molecule has 0 aromatic carbocycles. The summed E-state index contributed by atoms with van der Waals surface area (Å²) in [5.74, 6) is 0. The summed E-state index contributed by atoms with van der Waals surface area (Å²) in [4.78, 5) is 1.94. The topological polar surface area (TPSA) is 3.24 Å². The van der Waals surface area contributed by atoms with Crippen molar-refractivity contribution in [3.63, 3.8) is 0 Å². The first kappa shape index (κ1) is 9.54. The Hall–Kier alpha value is 0.540. The molecule has 1 nitrogen and oxygen atoms in total. The Kier molecular flexibility index (Phi) is 5.65. The van der Waals surface area contributed by atoms with Crippen molar-refractivity contribution in [3.8, 4) is 0 Å². The third-order valence-electron chi connectivity index (χ3n) is 1.29. The number of nitrogens with zero attached hydrogens (tertiary/aromatic N) is 1. The minimum atomic E-state index is -0.245. The Bertz CT molecular complexity index is 62.1. The van der Waals surface area contributed by atoms with Crippen molar-refractivity contribution in [1.82, 2.24) is 4.90 Å². The van der Waals surface area contributed by atoms with Gasteiger partial charge in [0.25, 0.3) is 0 Å². The number of alkyl halides is 2. The highest BCUT2D eigenvalue weighted by Gasteiger charge is 2.03. The largest absolute Gasteiger partial charge is 0.301 e. The Labute approximate surface area is 66.9 Å². The second-order valence-electron chi connectivity index (χ2n) is 1.88. The van der Waals surface area contributed by atoms with Crippen LogP contribution in [0.3, 0.4) is 0 Å². The molecule has 0 aliphatic heterocycles. The molecule has 0 spiro atoms. The molecule has 0 bridgehead atoms. The molecule has 0 radical (unpaired) electrons. The highest BCUT2D eigenvalue weighted by Crippen LogP contribution is 2.03. The summed E-state index contributed by atoms with van der Waals surface area (Å²) in [7, 11) is 0. The summed E-state index contributed by atoms with van der Waals surface area (Å²) in [6.45, 7) is 7.01. The number of hydrogen-bond acceptors (Lipinski definition) is 1. The van der Waals surface area contributed by atoms with E-state index in [9.17, 15) is 0 Å². The average molecular weight is 170 g/mol. The van der Waals surface area contributed by atoms with Gasteiger partial charge in [-0.3, -0.25) is 0 Å². The lowest BCUT2D eigenvalue weighted by Crippen LogP contribution is -2.27. The van der Waals surface area contributed by atoms with Crippen LogP contribution in [0.4, 0.5) is 0 Å². The smallest absolute Gasteiger partial charge is 0.120 e. The molecule has 0 fully saturated rings. The number of halogens is 2. The van der Waals surface area contributed by atoms with Gasteiger partial charge in [0.2, 0.25) is 0 Å².